The van der Waals surface area contributed by atoms with Gasteiger partial charge in [0.25, 0.3) is 0 Å². The third-order valence-electron chi connectivity index (χ3n) is 14.7. The average Bonchev–Trinajstić information content (AvgIpc) is 2.28. The summed E-state index contributed by atoms with van der Waals surface area (Å²) in [4.78, 5) is 156. The van der Waals surface area contributed by atoms with Gasteiger partial charge in [-0.1, -0.05) is 74.5 Å². The van der Waals surface area contributed by atoms with E-state index >= 15 is 0 Å². The van der Waals surface area contributed by atoms with Crippen LogP contribution in [0, 0.1) is 23.7 Å². The molecular formula is C60H81N13O13. The number of carbonyl (C=O) groups excluding carboxylic acids is 11. The van der Waals surface area contributed by atoms with Crippen molar-refractivity contribution in [3.8, 4) is 5.75 Å². The number of carbonyl (C=O) groups is 11. The zero-order valence-electron chi connectivity index (χ0n) is 49.1. The highest BCUT2D eigenvalue weighted by atomic mass is 16.3. The van der Waals surface area contributed by atoms with Crippen molar-refractivity contribution >= 4 is 81.6 Å². The van der Waals surface area contributed by atoms with Crippen LogP contribution in [0.25, 0.3) is 10.9 Å². The number of Topliss-reactive ketones (excluding diaryl/α,β-unsaturated/α-hetero) is 3. The van der Waals surface area contributed by atoms with Gasteiger partial charge in [-0.05, 0) is 73.4 Å². The predicted octanol–water partition coefficient (Wildman–Crippen LogP) is -0.192. The molecule has 0 aliphatic carbocycles. The summed E-state index contributed by atoms with van der Waals surface area (Å²) in [6.45, 7) is 5.55. The van der Waals surface area contributed by atoms with Gasteiger partial charge in [0.05, 0.1) is 49.0 Å². The number of aliphatic imine (C=N–C) groups is 1. The van der Waals surface area contributed by atoms with Crippen LogP contribution in [0.4, 0.5) is 4.79 Å². The van der Waals surface area contributed by atoms with Crippen molar-refractivity contribution in [1.82, 2.24) is 47.1 Å². The Morgan fingerprint density at radius 1 is 0.674 bits per heavy atom. The highest BCUT2D eigenvalue weighted by molar-refractivity contribution is 5.99. The molecule has 2 heterocycles. The fraction of sp³-hybridized carbons (Fsp3) is 0.467. The van der Waals surface area contributed by atoms with E-state index in [1.807, 2.05) is 38.1 Å². The zero-order chi connectivity index (χ0) is 63.2. The second-order valence-electron chi connectivity index (χ2n) is 22.1. The molecule has 1 aromatic heterocycles. The average molecular weight is 1190 g/mol. The molecular weight excluding hydrogens is 1110 g/mol. The Kier molecular flexibility index (Phi) is 25.7. The number of hydrogen-bond acceptors (Lipinski definition) is 14. The lowest BCUT2D eigenvalue weighted by atomic mass is 9.90. The van der Waals surface area contributed by atoms with Crippen molar-refractivity contribution in [2.24, 2.45) is 45.9 Å². The number of amides is 9. The van der Waals surface area contributed by atoms with Gasteiger partial charge in [-0.15, -0.1) is 0 Å². The number of nitrogens with zero attached hydrogens (tertiary/aromatic N) is 2. The Balaban J connectivity index is 1.23. The molecule has 9 amide bonds. The maximum atomic E-state index is 14.2. The lowest BCUT2D eigenvalue weighted by Gasteiger charge is -2.40. The lowest BCUT2D eigenvalue weighted by molar-refractivity contribution is -0.147. The number of H-pyrrole nitrogens is 1. The molecule has 8 atom stereocenters. The maximum Gasteiger partial charge on any atom is 0.315 e. The van der Waals surface area contributed by atoms with Crippen molar-refractivity contribution in [1.29, 1.82) is 0 Å². The largest absolute Gasteiger partial charge is 0.508 e. The number of aliphatic hydroxyl groups excluding tert-OH is 1. The molecule has 26 heteroatoms. The standard InChI is InChI=1S/C60H81N13O13/c1-33(2)22-45(50(77)26-38(14-11-21-65-59(63)64-5)55(82)71-48(54(62)81)25-39-29-66-44-16-10-9-15-42(39)44)72-60(86)67-30-52(79)46(23-36-12-7-6-8-13-36)70-57(84)43(34(3)74)27-51(78)47(28-53(61)80)69-56(83)40-31-73(32-40)58(85)49(68-35(4)75)24-37-17-19-41(76)20-18-37/h6-10,12-13,15-20,29,33-34,38,40,43,45-49,66,74,76H,11,14,21-28,30-32H2,1-5H3,(H2,61,80)(H2,62,81)(H,68,75)(H,69,83)(H,70,84)(H,71,82)(H3,63,64,65)(H2,67,72,86)/t34-,38-,43+,45+,46+,47+,48+,49-/m1/s1. The first-order valence-electron chi connectivity index (χ1n) is 28.5. The predicted molar refractivity (Wildman–Crippen MR) is 318 cm³/mol. The van der Waals surface area contributed by atoms with Crippen LogP contribution in [0.3, 0.4) is 0 Å². The number of nitrogens with two attached hydrogens (primary N) is 3. The summed E-state index contributed by atoms with van der Waals surface area (Å²) in [6.07, 6.45) is -0.891. The normalized spacial score (nSPS) is 15.2. The first kappa shape index (κ1) is 67.6. The van der Waals surface area contributed by atoms with Crippen LogP contribution in [-0.2, 0) is 67.2 Å². The molecule has 0 bridgehead atoms. The number of hydrogen-bond donors (Lipinski definition) is 13. The highest BCUT2D eigenvalue weighted by Gasteiger charge is 2.41. The maximum absolute atomic E-state index is 14.2. The van der Waals surface area contributed by atoms with E-state index < -0.39 is 138 Å². The number of para-hydroxylation sites is 1. The van der Waals surface area contributed by atoms with Crippen molar-refractivity contribution in [2.45, 2.75) is 122 Å². The van der Waals surface area contributed by atoms with E-state index in [1.165, 1.54) is 37.9 Å². The van der Waals surface area contributed by atoms with Crippen molar-refractivity contribution in [3.63, 3.8) is 0 Å². The van der Waals surface area contributed by atoms with E-state index in [4.69, 9.17) is 17.2 Å². The molecule has 0 radical (unpaired) electrons. The Labute approximate surface area is 498 Å². The minimum Gasteiger partial charge on any atom is -0.508 e. The lowest BCUT2D eigenvalue weighted by Crippen LogP contribution is -2.61. The van der Waals surface area contributed by atoms with Crippen molar-refractivity contribution in [3.05, 3.63) is 102 Å². The number of aromatic hydroxyl groups is 1. The molecule has 0 saturated carbocycles. The van der Waals surface area contributed by atoms with E-state index in [-0.39, 0.29) is 69.2 Å². The van der Waals surface area contributed by atoms with E-state index in [1.54, 1.807) is 48.7 Å². The minimum absolute atomic E-state index is 0.0152. The summed E-state index contributed by atoms with van der Waals surface area (Å²) >= 11 is 0. The number of urea groups is 1. The van der Waals surface area contributed by atoms with E-state index in [0.717, 1.165) is 16.5 Å². The fourth-order valence-corrected chi connectivity index (χ4v) is 9.94. The van der Waals surface area contributed by atoms with Gasteiger partial charge >= 0.3 is 6.03 Å². The molecule has 4 aromatic rings. The van der Waals surface area contributed by atoms with Crippen molar-refractivity contribution in [2.75, 3.05) is 33.2 Å². The number of aliphatic hydroxyl groups is 1. The van der Waals surface area contributed by atoms with Gasteiger partial charge in [0.2, 0.25) is 41.4 Å². The highest BCUT2D eigenvalue weighted by Crippen LogP contribution is 2.23. The van der Waals surface area contributed by atoms with Gasteiger partial charge in [-0.25, -0.2) is 4.79 Å². The summed E-state index contributed by atoms with van der Waals surface area (Å²) in [7, 11) is 1.50. The molecule has 1 aliphatic rings. The van der Waals surface area contributed by atoms with Crippen LogP contribution in [0.2, 0.25) is 0 Å². The number of aromatic amines is 1. The molecule has 464 valence electrons. The minimum atomic E-state index is -1.56. The molecule has 1 saturated heterocycles. The van der Waals surface area contributed by atoms with Gasteiger partial charge in [0, 0.05) is 82.3 Å². The molecule has 1 fully saturated rings. The second kappa shape index (κ2) is 32.7. The van der Waals surface area contributed by atoms with Gasteiger partial charge in [0.15, 0.2) is 23.3 Å². The number of primary amides is 2. The molecule has 1 aliphatic heterocycles. The van der Waals surface area contributed by atoms with Crippen LogP contribution >= 0.6 is 0 Å². The topological polar surface area (TPSA) is 422 Å². The molecule has 0 spiro atoms. The van der Waals surface area contributed by atoms with Crippen LogP contribution in [0.5, 0.6) is 5.75 Å². The molecule has 16 N–H and O–H groups in total. The second-order valence-corrected chi connectivity index (χ2v) is 22.1. The van der Waals surface area contributed by atoms with Crippen LogP contribution in [0.15, 0.2) is 90.1 Å². The third-order valence-corrected chi connectivity index (χ3v) is 14.7. The van der Waals surface area contributed by atoms with Crippen LogP contribution < -0.4 is 54.4 Å². The number of phenolic OH excluding ortho intramolecular Hbond substituents is 1. The quantitative estimate of drug-likeness (QED) is 0.0164. The fourth-order valence-electron chi connectivity index (χ4n) is 9.94. The van der Waals surface area contributed by atoms with Gasteiger partial charge in [0.1, 0.15) is 17.8 Å². The van der Waals surface area contributed by atoms with Gasteiger partial charge in [-0.2, -0.15) is 0 Å². The number of likely N-dealkylation sites (tertiary alicyclic amines) is 1. The number of nitrogens with one attached hydrogen (secondary N) is 8. The molecule has 3 aromatic carbocycles. The van der Waals surface area contributed by atoms with E-state index in [9.17, 15) is 63.0 Å². The summed E-state index contributed by atoms with van der Waals surface area (Å²) in [5, 5.41) is 39.9. The molecule has 0 unspecified atom stereocenters. The molecule has 26 nitrogen and oxygen atoms in total. The van der Waals surface area contributed by atoms with E-state index in [2.05, 4.69) is 47.2 Å². The Bertz CT molecular complexity index is 3070. The Morgan fingerprint density at radius 3 is 1.93 bits per heavy atom. The first-order valence-corrected chi connectivity index (χ1v) is 28.5. The van der Waals surface area contributed by atoms with Crippen LogP contribution in [-0.4, -0.2) is 160 Å². The summed E-state index contributed by atoms with van der Waals surface area (Å²) in [5.74, 6) is -10.4. The SMILES string of the molecule is CN=C(N)NCCC[C@H](CC(=O)[C@H](CC(C)C)NC(=O)NCC(=O)[C@H](Cc1ccccc1)NC(=O)[C@@H](CC(=O)[C@H](CC(N)=O)NC(=O)C1CN(C(=O)[C@@H](Cc2ccc(O)cc2)NC(C)=O)C1)[C@@H](C)O)C(=O)N[C@@H](Cc1c[nH]c2ccccc12)C(N)=O. The number of guanidine groups is 1. The number of fused-ring (bicyclic) bond motifs is 1. The van der Waals surface area contributed by atoms with Gasteiger partial charge < -0.3 is 74.5 Å². The number of rotatable bonds is 34. The number of aromatic nitrogens is 1. The Hall–Kier alpha value is -9.20. The summed E-state index contributed by atoms with van der Waals surface area (Å²) in [5.41, 5.74) is 19.9. The molecule has 86 heavy (non-hydrogen) atoms. The number of phenols is 1. The zero-order valence-corrected chi connectivity index (χ0v) is 49.1. The van der Waals surface area contributed by atoms with E-state index in [0.29, 0.717) is 24.1 Å². The number of ketones is 3. The third kappa shape index (κ3) is 21.1. The smallest absolute Gasteiger partial charge is 0.315 e. The monoisotopic (exact) mass is 1190 g/mol. The van der Waals surface area contributed by atoms with Crippen molar-refractivity contribution < 1.29 is 63.0 Å². The number of benzene rings is 3. The summed E-state index contributed by atoms with van der Waals surface area (Å²) < 4.78 is 0. The first-order chi connectivity index (χ1) is 40.8. The van der Waals surface area contributed by atoms with Crippen LogP contribution in [0.1, 0.15) is 82.9 Å². The Morgan fingerprint density at radius 2 is 1.30 bits per heavy atom. The molecule has 5 rings (SSSR count). The van der Waals surface area contributed by atoms with Gasteiger partial charge in [-0.3, -0.25) is 52.9 Å². The summed E-state index contributed by atoms with van der Waals surface area (Å²) in [6, 6.07) is 14.9.